The molecule has 0 radical (unpaired) electrons. The van der Waals surface area contributed by atoms with Gasteiger partial charge in [-0.25, -0.2) is 0 Å². The maximum Gasteiger partial charge on any atom is 0.224 e. The molecule has 1 amide bonds. The van der Waals surface area contributed by atoms with Crippen LogP contribution >= 0.6 is 0 Å². The Morgan fingerprint density at radius 2 is 1.65 bits per heavy atom. The third kappa shape index (κ3) is 4.99. The van der Waals surface area contributed by atoms with Crippen molar-refractivity contribution in [2.24, 2.45) is 0 Å². The number of phenols is 1. The fourth-order valence-electron chi connectivity index (χ4n) is 6.53. The molecule has 0 spiro atoms. The van der Waals surface area contributed by atoms with E-state index in [0.717, 1.165) is 39.4 Å². The molecule has 1 heterocycles. The van der Waals surface area contributed by atoms with Crippen LogP contribution in [0.3, 0.4) is 0 Å². The standard InChI is InChI=1S/C34H39N3O3/c1-20(2)36(21(3)4)26-13-16-28(22(5)17-26)34-33-30(35-29-9-7-8-10-31(29)37(34)23(6)38)18-25(19-32(33)40)24-11-14-27(39)15-12-24/h7-17,20-21,25,34-35,39H,18-19H2,1-6H3. The van der Waals surface area contributed by atoms with Crippen molar-refractivity contribution < 1.29 is 14.7 Å². The van der Waals surface area contributed by atoms with E-state index in [4.69, 9.17) is 0 Å². The molecule has 2 N–H and O–H groups in total. The molecule has 6 nitrogen and oxygen atoms in total. The van der Waals surface area contributed by atoms with E-state index in [1.165, 1.54) is 0 Å². The summed E-state index contributed by atoms with van der Waals surface area (Å²) in [4.78, 5) is 31.7. The lowest BCUT2D eigenvalue weighted by Crippen LogP contribution is -2.38. The number of benzene rings is 3. The normalized spacial score (nSPS) is 18.8. The van der Waals surface area contributed by atoms with Gasteiger partial charge in [-0.3, -0.25) is 14.5 Å². The highest BCUT2D eigenvalue weighted by Crippen LogP contribution is 2.48. The van der Waals surface area contributed by atoms with Crippen molar-refractivity contribution in [3.8, 4) is 5.75 Å². The largest absolute Gasteiger partial charge is 0.508 e. The molecule has 3 aromatic carbocycles. The maximum atomic E-state index is 14.1. The van der Waals surface area contributed by atoms with Crippen molar-refractivity contribution in [1.29, 1.82) is 0 Å². The number of anilines is 3. The van der Waals surface area contributed by atoms with Gasteiger partial charge in [-0.15, -0.1) is 0 Å². The summed E-state index contributed by atoms with van der Waals surface area (Å²) in [6.45, 7) is 12.4. The molecule has 208 valence electrons. The highest BCUT2D eigenvalue weighted by atomic mass is 16.3. The van der Waals surface area contributed by atoms with E-state index in [1.54, 1.807) is 24.0 Å². The topological polar surface area (TPSA) is 72.9 Å². The number of rotatable bonds is 5. The van der Waals surface area contributed by atoms with Gasteiger partial charge in [-0.2, -0.15) is 0 Å². The van der Waals surface area contributed by atoms with Gasteiger partial charge in [0.1, 0.15) is 5.75 Å². The van der Waals surface area contributed by atoms with Crippen LogP contribution in [0, 0.1) is 6.92 Å². The van der Waals surface area contributed by atoms with Gasteiger partial charge in [-0.1, -0.05) is 30.3 Å². The van der Waals surface area contributed by atoms with Crippen LogP contribution in [-0.4, -0.2) is 28.9 Å². The minimum Gasteiger partial charge on any atom is -0.508 e. The number of phenolic OH excluding ortho intramolecular Hbond substituents is 1. The van der Waals surface area contributed by atoms with E-state index in [1.807, 2.05) is 36.4 Å². The quantitative estimate of drug-likeness (QED) is 0.359. The minimum atomic E-state index is -0.544. The molecule has 0 bridgehead atoms. The first-order valence-corrected chi connectivity index (χ1v) is 14.2. The van der Waals surface area contributed by atoms with Gasteiger partial charge in [-0.05, 0) is 100 Å². The summed E-state index contributed by atoms with van der Waals surface area (Å²) in [5, 5.41) is 13.4. The third-order valence-corrected chi connectivity index (χ3v) is 8.15. The van der Waals surface area contributed by atoms with Gasteiger partial charge >= 0.3 is 0 Å². The van der Waals surface area contributed by atoms with Crippen LogP contribution in [0.4, 0.5) is 17.1 Å². The number of allylic oxidation sites excluding steroid dienone is 1. The second-order valence-electron chi connectivity index (χ2n) is 11.6. The molecule has 6 heteroatoms. The van der Waals surface area contributed by atoms with E-state index >= 15 is 0 Å². The van der Waals surface area contributed by atoms with E-state index < -0.39 is 6.04 Å². The predicted octanol–water partition coefficient (Wildman–Crippen LogP) is 7.24. The zero-order valence-electron chi connectivity index (χ0n) is 24.2. The Balaban J connectivity index is 1.68. The third-order valence-electron chi connectivity index (χ3n) is 8.15. The first kappa shape index (κ1) is 27.5. The SMILES string of the molecule is CC(=O)N1c2ccccc2NC2=C(C(=O)CC(c3ccc(O)cc3)C2)C1c1ccc(N(C(C)C)C(C)C)cc1C. The Morgan fingerprint density at radius 1 is 0.975 bits per heavy atom. The monoisotopic (exact) mass is 537 g/mol. The van der Waals surface area contributed by atoms with E-state index in [2.05, 4.69) is 63.0 Å². The van der Waals surface area contributed by atoms with Crippen LogP contribution in [-0.2, 0) is 9.59 Å². The number of nitrogens with zero attached hydrogens (tertiary/aromatic N) is 2. The van der Waals surface area contributed by atoms with Gasteiger partial charge in [0, 0.05) is 42.4 Å². The number of para-hydroxylation sites is 2. The van der Waals surface area contributed by atoms with Gasteiger partial charge in [0.2, 0.25) is 5.91 Å². The van der Waals surface area contributed by atoms with E-state index in [9.17, 15) is 14.7 Å². The van der Waals surface area contributed by atoms with Crippen LogP contribution in [0.25, 0.3) is 0 Å². The number of nitrogens with one attached hydrogen (secondary N) is 1. The Kier molecular flexibility index (Phi) is 7.45. The number of fused-ring (bicyclic) bond motifs is 1. The Morgan fingerprint density at radius 3 is 2.27 bits per heavy atom. The summed E-state index contributed by atoms with van der Waals surface area (Å²) in [5.74, 6) is 0.100. The maximum absolute atomic E-state index is 14.1. The summed E-state index contributed by atoms with van der Waals surface area (Å²) in [6.07, 6.45) is 0.976. The molecule has 1 aliphatic heterocycles. The molecule has 40 heavy (non-hydrogen) atoms. The van der Waals surface area contributed by atoms with Crippen LogP contribution in [0.2, 0.25) is 0 Å². The van der Waals surface area contributed by atoms with Crippen molar-refractivity contribution in [2.45, 2.75) is 78.4 Å². The van der Waals surface area contributed by atoms with E-state index in [0.29, 0.717) is 30.5 Å². The molecule has 2 aliphatic rings. The molecule has 0 saturated heterocycles. The Bertz CT molecular complexity index is 1460. The molecule has 2 unspecified atom stereocenters. The fraction of sp³-hybridized carbons (Fsp3) is 0.353. The van der Waals surface area contributed by atoms with Crippen molar-refractivity contribution in [2.75, 3.05) is 15.1 Å². The van der Waals surface area contributed by atoms with Gasteiger partial charge in [0.05, 0.1) is 17.4 Å². The second-order valence-corrected chi connectivity index (χ2v) is 11.6. The molecular formula is C34H39N3O3. The lowest BCUT2D eigenvalue weighted by atomic mass is 9.77. The second kappa shape index (κ2) is 10.8. The lowest BCUT2D eigenvalue weighted by Gasteiger charge is -2.37. The molecule has 1 aliphatic carbocycles. The first-order chi connectivity index (χ1) is 19.1. The zero-order chi connectivity index (χ0) is 28.7. The number of hydrogen-bond donors (Lipinski definition) is 2. The van der Waals surface area contributed by atoms with Crippen LogP contribution < -0.4 is 15.1 Å². The number of carbonyl (C=O) groups is 2. The predicted molar refractivity (Wildman–Crippen MR) is 162 cm³/mol. The molecule has 3 aromatic rings. The Hall–Kier alpha value is -4.06. The molecule has 5 rings (SSSR count). The Labute approximate surface area is 237 Å². The van der Waals surface area contributed by atoms with Crippen LogP contribution in [0.1, 0.15) is 76.1 Å². The first-order valence-electron chi connectivity index (χ1n) is 14.2. The molecule has 2 atom stereocenters. The fourth-order valence-corrected chi connectivity index (χ4v) is 6.53. The number of aromatic hydroxyl groups is 1. The number of carbonyl (C=O) groups excluding carboxylic acids is 2. The van der Waals surface area contributed by atoms with Crippen molar-refractivity contribution in [1.82, 2.24) is 0 Å². The van der Waals surface area contributed by atoms with Gasteiger partial charge in [0.15, 0.2) is 5.78 Å². The number of hydrogen-bond acceptors (Lipinski definition) is 5. The van der Waals surface area contributed by atoms with Crippen molar-refractivity contribution in [3.05, 3.63) is 94.7 Å². The van der Waals surface area contributed by atoms with Gasteiger partial charge < -0.3 is 15.3 Å². The average molecular weight is 538 g/mol. The molecule has 0 aromatic heterocycles. The minimum absolute atomic E-state index is 0.0230. The molecule has 0 fully saturated rings. The summed E-state index contributed by atoms with van der Waals surface area (Å²) in [7, 11) is 0. The number of ketones is 1. The summed E-state index contributed by atoms with van der Waals surface area (Å²) in [6, 6.07) is 21.4. The number of Topliss-reactive ketones (excluding diaryl/α,β-unsaturated/α-hetero) is 1. The molecular weight excluding hydrogens is 498 g/mol. The van der Waals surface area contributed by atoms with Crippen LogP contribution in [0.15, 0.2) is 78.0 Å². The van der Waals surface area contributed by atoms with Crippen molar-refractivity contribution >= 4 is 28.8 Å². The van der Waals surface area contributed by atoms with Crippen LogP contribution in [0.5, 0.6) is 5.75 Å². The lowest BCUT2D eigenvalue weighted by molar-refractivity contribution is -0.117. The molecule has 0 saturated carbocycles. The summed E-state index contributed by atoms with van der Waals surface area (Å²) >= 11 is 0. The number of amides is 1. The zero-order valence-corrected chi connectivity index (χ0v) is 24.2. The number of aryl methyl sites for hydroxylation is 1. The average Bonchev–Trinajstić information content (AvgIpc) is 3.03. The van der Waals surface area contributed by atoms with Crippen molar-refractivity contribution in [3.63, 3.8) is 0 Å². The summed E-state index contributed by atoms with van der Waals surface area (Å²) < 4.78 is 0. The summed E-state index contributed by atoms with van der Waals surface area (Å²) in [5.41, 5.74) is 7.22. The highest BCUT2D eigenvalue weighted by Gasteiger charge is 2.41. The smallest absolute Gasteiger partial charge is 0.224 e. The highest BCUT2D eigenvalue weighted by molar-refractivity contribution is 6.06. The van der Waals surface area contributed by atoms with E-state index in [-0.39, 0.29) is 23.4 Å². The van der Waals surface area contributed by atoms with Gasteiger partial charge in [0.25, 0.3) is 0 Å².